The van der Waals surface area contributed by atoms with Gasteiger partial charge in [-0.2, -0.15) is 0 Å². The lowest BCUT2D eigenvalue weighted by atomic mass is 10.2. The van der Waals surface area contributed by atoms with Crippen molar-refractivity contribution in [1.29, 1.82) is 0 Å². The molecule has 106 valence electrons. The number of sulfonamides is 1. The number of anilines is 1. The minimum Gasteiger partial charge on any atom is -0.278 e. The van der Waals surface area contributed by atoms with Crippen molar-refractivity contribution >= 4 is 59.2 Å². The molecule has 0 bridgehead atoms. The zero-order valence-corrected chi connectivity index (χ0v) is 15.1. The van der Waals surface area contributed by atoms with E-state index in [1.165, 1.54) is 6.07 Å². The van der Waals surface area contributed by atoms with Gasteiger partial charge < -0.3 is 0 Å². The summed E-state index contributed by atoms with van der Waals surface area (Å²) in [5, 5.41) is 0.163. The van der Waals surface area contributed by atoms with Crippen LogP contribution in [0.5, 0.6) is 0 Å². The molecule has 0 aromatic heterocycles. The first-order valence-electron chi connectivity index (χ1n) is 5.54. The van der Waals surface area contributed by atoms with Crippen LogP contribution in [-0.4, -0.2) is 8.42 Å². The Labute approximate surface area is 139 Å². The normalized spacial score (nSPS) is 11.4. The fourth-order valence-electron chi connectivity index (χ4n) is 1.62. The topological polar surface area (TPSA) is 46.2 Å². The first-order valence-corrected chi connectivity index (χ1v) is 8.99. The van der Waals surface area contributed by atoms with E-state index in [-0.39, 0.29) is 9.92 Å². The van der Waals surface area contributed by atoms with Crippen molar-refractivity contribution in [3.05, 3.63) is 55.9 Å². The first-order chi connectivity index (χ1) is 9.31. The molecule has 2 aromatic carbocycles. The summed E-state index contributed by atoms with van der Waals surface area (Å²) in [6, 6.07) is 9.97. The van der Waals surface area contributed by atoms with Crippen LogP contribution in [-0.2, 0) is 10.0 Å². The quantitative estimate of drug-likeness (QED) is 0.734. The van der Waals surface area contributed by atoms with Crippen LogP contribution in [0.3, 0.4) is 0 Å². The van der Waals surface area contributed by atoms with E-state index in [1.54, 1.807) is 24.3 Å². The molecule has 0 aliphatic carbocycles. The van der Waals surface area contributed by atoms with Crippen LogP contribution in [0.4, 0.5) is 5.69 Å². The lowest BCUT2D eigenvalue weighted by Crippen LogP contribution is -2.14. The highest BCUT2D eigenvalue weighted by atomic mass is 79.9. The number of hydrogen-bond acceptors (Lipinski definition) is 2. The summed E-state index contributed by atoms with van der Waals surface area (Å²) in [5.74, 6) is 0. The summed E-state index contributed by atoms with van der Waals surface area (Å²) < 4.78 is 28.7. The summed E-state index contributed by atoms with van der Waals surface area (Å²) >= 11 is 12.6. The number of aryl methyl sites for hydroxylation is 1. The Hall–Kier alpha value is -0.560. The number of rotatable bonds is 3. The molecule has 1 N–H and O–H groups in total. The highest BCUT2D eigenvalue weighted by Gasteiger charge is 2.19. The van der Waals surface area contributed by atoms with Gasteiger partial charge in [-0.05, 0) is 52.7 Å². The molecular formula is C13H10Br2ClNO2S. The molecule has 3 nitrogen and oxygen atoms in total. The maximum Gasteiger partial charge on any atom is 0.263 e. The fraction of sp³-hybridized carbons (Fsp3) is 0.0769. The van der Waals surface area contributed by atoms with E-state index < -0.39 is 10.0 Å². The molecule has 2 rings (SSSR count). The zero-order valence-electron chi connectivity index (χ0n) is 10.3. The van der Waals surface area contributed by atoms with E-state index in [0.29, 0.717) is 10.2 Å². The van der Waals surface area contributed by atoms with Crippen LogP contribution in [0.25, 0.3) is 0 Å². The van der Waals surface area contributed by atoms with Crippen molar-refractivity contribution in [2.24, 2.45) is 0 Å². The monoisotopic (exact) mass is 437 g/mol. The Balaban J connectivity index is 2.44. The van der Waals surface area contributed by atoms with Gasteiger partial charge in [-0.15, -0.1) is 0 Å². The molecule has 0 fully saturated rings. The molecule has 7 heteroatoms. The van der Waals surface area contributed by atoms with Crippen molar-refractivity contribution in [2.75, 3.05) is 4.72 Å². The zero-order chi connectivity index (χ0) is 14.9. The van der Waals surface area contributed by atoms with E-state index in [9.17, 15) is 8.42 Å². The van der Waals surface area contributed by atoms with Crippen molar-refractivity contribution in [3.63, 3.8) is 0 Å². The predicted octanol–water partition coefficient (Wildman–Crippen LogP) is 4.97. The SMILES string of the molecule is Cc1cccc(NS(=O)(=O)c2ccc(Br)cc2Cl)c1Br. The number of halogens is 3. The van der Waals surface area contributed by atoms with Gasteiger partial charge in [-0.3, -0.25) is 4.72 Å². The van der Waals surface area contributed by atoms with Crippen LogP contribution in [0.1, 0.15) is 5.56 Å². The minimum absolute atomic E-state index is 0.0378. The molecule has 0 radical (unpaired) electrons. The molecule has 0 saturated heterocycles. The van der Waals surface area contributed by atoms with E-state index in [1.807, 2.05) is 13.0 Å². The molecule has 2 aromatic rings. The molecular weight excluding hydrogens is 429 g/mol. The first kappa shape index (κ1) is 15.8. The Morgan fingerprint density at radius 3 is 2.50 bits per heavy atom. The molecule has 0 saturated carbocycles. The van der Waals surface area contributed by atoms with Crippen LogP contribution in [0, 0.1) is 6.92 Å². The summed E-state index contributed by atoms with van der Waals surface area (Å²) in [7, 11) is -3.73. The third kappa shape index (κ3) is 3.36. The van der Waals surface area contributed by atoms with Crippen LogP contribution in [0.15, 0.2) is 50.2 Å². The molecule has 0 atom stereocenters. The third-order valence-electron chi connectivity index (χ3n) is 2.62. The Morgan fingerprint density at radius 2 is 1.85 bits per heavy atom. The summed E-state index contributed by atoms with van der Waals surface area (Å²) in [6.45, 7) is 1.88. The van der Waals surface area contributed by atoms with Gasteiger partial charge in [0.15, 0.2) is 0 Å². The van der Waals surface area contributed by atoms with Crippen LogP contribution >= 0.6 is 43.5 Å². The van der Waals surface area contributed by atoms with Gasteiger partial charge in [-0.25, -0.2) is 8.42 Å². The largest absolute Gasteiger partial charge is 0.278 e. The van der Waals surface area contributed by atoms with Gasteiger partial charge in [0.2, 0.25) is 0 Å². The maximum atomic E-state index is 12.4. The lowest BCUT2D eigenvalue weighted by Gasteiger charge is -2.12. The highest BCUT2D eigenvalue weighted by molar-refractivity contribution is 9.11. The Morgan fingerprint density at radius 1 is 1.15 bits per heavy atom. The molecule has 0 aliphatic heterocycles. The Bertz CT molecular complexity index is 763. The lowest BCUT2D eigenvalue weighted by molar-refractivity contribution is 0.601. The smallest absolute Gasteiger partial charge is 0.263 e. The van der Waals surface area contributed by atoms with Crippen molar-refractivity contribution < 1.29 is 8.42 Å². The minimum atomic E-state index is -3.73. The van der Waals surface area contributed by atoms with Gasteiger partial charge in [0.25, 0.3) is 10.0 Å². The third-order valence-corrected chi connectivity index (χ3v) is 6.01. The van der Waals surface area contributed by atoms with Gasteiger partial charge in [-0.1, -0.05) is 39.7 Å². The highest BCUT2D eigenvalue weighted by Crippen LogP contribution is 2.30. The number of benzene rings is 2. The predicted molar refractivity (Wildman–Crippen MR) is 88.8 cm³/mol. The maximum absolute atomic E-state index is 12.4. The second-order valence-electron chi connectivity index (χ2n) is 4.12. The standard InChI is InChI=1S/C13H10Br2ClNO2S/c1-8-3-2-4-11(13(8)15)17-20(18,19)12-6-5-9(14)7-10(12)16/h2-7,17H,1H3. The van der Waals surface area contributed by atoms with Crippen molar-refractivity contribution in [2.45, 2.75) is 11.8 Å². The molecule has 0 spiro atoms. The van der Waals surface area contributed by atoms with E-state index in [0.717, 1.165) is 10.0 Å². The summed E-state index contributed by atoms with van der Waals surface area (Å²) in [5.41, 5.74) is 1.41. The van der Waals surface area contributed by atoms with Gasteiger partial charge >= 0.3 is 0 Å². The van der Waals surface area contributed by atoms with Gasteiger partial charge in [0.1, 0.15) is 4.90 Å². The second kappa shape index (κ2) is 6.05. The van der Waals surface area contributed by atoms with E-state index >= 15 is 0 Å². The fourth-order valence-corrected chi connectivity index (χ4v) is 4.22. The molecule has 0 amide bonds. The molecule has 0 unspecified atom stereocenters. The van der Waals surface area contributed by atoms with E-state index in [2.05, 4.69) is 36.6 Å². The molecule has 0 heterocycles. The average molecular weight is 440 g/mol. The van der Waals surface area contributed by atoms with Crippen LogP contribution in [0.2, 0.25) is 5.02 Å². The summed E-state index contributed by atoms with van der Waals surface area (Å²) in [4.78, 5) is 0.0378. The molecule has 0 aliphatic rings. The van der Waals surface area contributed by atoms with Crippen molar-refractivity contribution in [1.82, 2.24) is 0 Å². The van der Waals surface area contributed by atoms with Gasteiger partial charge in [0, 0.05) is 8.95 Å². The van der Waals surface area contributed by atoms with E-state index in [4.69, 9.17) is 11.6 Å². The molecule has 20 heavy (non-hydrogen) atoms. The second-order valence-corrected chi connectivity index (χ2v) is 7.88. The average Bonchev–Trinajstić information content (AvgIpc) is 2.34. The summed E-state index contributed by atoms with van der Waals surface area (Å²) in [6.07, 6.45) is 0. The van der Waals surface area contributed by atoms with Crippen molar-refractivity contribution in [3.8, 4) is 0 Å². The van der Waals surface area contributed by atoms with Gasteiger partial charge in [0.05, 0.1) is 10.7 Å². The Kier molecular flexibility index (Phi) is 4.79. The number of hydrogen-bond donors (Lipinski definition) is 1. The number of nitrogens with one attached hydrogen (secondary N) is 1. The van der Waals surface area contributed by atoms with Crippen LogP contribution < -0.4 is 4.72 Å².